The van der Waals surface area contributed by atoms with Gasteiger partial charge in [-0.3, -0.25) is 0 Å². The molecule has 1 saturated heterocycles. The molecule has 1 aromatic rings. The van der Waals surface area contributed by atoms with Gasteiger partial charge in [0.05, 0.1) is 36.6 Å². The maximum Gasteiger partial charge on any atom is 0.216 e. The second-order valence-corrected chi connectivity index (χ2v) is 9.19. The summed E-state index contributed by atoms with van der Waals surface area (Å²) in [5, 5.41) is 12.2. The molecule has 0 amide bonds. The van der Waals surface area contributed by atoms with Crippen LogP contribution in [0.5, 0.6) is 0 Å². The number of guanidine groups is 1. The molecule has 1 aromatic carbocycles. The molecule has 29 heavy (non-hydrogen) atoms. The van der Waals surface area contributed by atoms with Gasteiger partial charge in [0.25, 0.3) is 0 Å². The summed E-state index contributed by atoms with van der Waals surface area (Å²) in [7, 11) is -3.31. The van der Waals surface area contributed by atoms with E-state index in [0.29, 0.717) is 38.3 Å². The minimum absolute atomic E-state index is 0.0119. The molecule has 0 unspecified atom stereocenters. The molecule has 0 saturated carbocycles. The lowest BCUT2D eigenvalue weighted by Crippen LogP contribution is -2.54. The van der Waals surface area contributed by atoms with E-state index in [1.807, 2.05) is 32.9 Å². The summed E-state index contributed by atoms with van der Waals surface area (Å²) >= 11 is 0. The van der Waals surface area contributed by atoms with E-state index >= 15 is 0 Å². The lowest BCUT2D eigenvalue weighted by molar-refractivity contribution is 0.0904. The van der Waals surface area contributed by atoms with Crippen molar-refractivity contribution in [3.8, 4) is 6.07 Å². The first-order valence-corrected chi connectivity index (χ1v) is 11.6. The van der Waals surface area contributed by atoms with Crippen molar-refractivity contribution in [1.29, 1.82) is 5.26 Å². The van der Waals surface area contributed by atoms with Gasteiger partial charge in [-0.15, -0.1) is 0 Å². The first-order chi connectivity index (χ1) is 13.9. The van der Waals surface area contributed by atoms with Crippen molar-refractivity contribution in [3.05, 3.63) is 35.4 Å². The molecular formula is C20H31N5O3S. The van der Waals surface area contributed by atoms with Crippen LogP contribution < -0.4 is 5.32 Å². The van der Waals surface area contributed by atoms with Crippen LogP contribution in [-0.4, -0.2) is 74.8 Å². The first kappa shape index (κ1) is 23.1. The number of nitriles is 1. The van der Waals surface area contributed by atoms with Crippen LogP contribution in [0.15, 0.2) is 29.3 Å². The van der Waals surface area contributed by atoms with Crippen LogP contribution in [0.1, 0.15) is 31.9 Å². The average molecular weight is 422 g/mol. The van der Waals surface area contributed by atoms with Gasteiger partial charge >= 0.3 is 0 Å². The average Bonchev–Trinajstić information content (AvgIpc) is 2.71. The van der Waals surface area contributed by atoms with Crippen LogP contribution in [0.25, 0.3) is 0 Å². The Labute approximate surface area is 174 Å². The lowest BCUT2D eigenvalue weighted by Gasteiger charge is -2.36. The Morgan fingerprint density at radius 3 is 2.45 bits per heavy atom. The summed E-state index contributed by atoms with van der Waals surface area (Å²) in [6.07, 6.45) is 0.0250. The number of ether oxygens (including phenoxy) is 1. The maximum atomic E-state index is 12.5. The number of piperazine rings is 1. The van der Waals surface area contributed by atoms with Crippen LogP contribution in [-0.2, 0) is 21.3 Å². The van der Waals surface area contributed by atoms with Gasteiger partial charge in [-0.25, -0.2) is 13.4 Å². The molecule has 160 valence electrons. The Hall–Kier alpha value is -2.15. The number of rotatable bonds is 8. The van der Waals surface area contributed by atoms with Crippen molar-refractivity contribution < 1.29 is 13.2 Å². The number of sulfonamides is 1. The number of nitrogens with zero attached hydrogens (tertiary/aromatic N) is 4. The third-order valence-corrected chi connectivity index (χ3v) is 6.39. The highest BCUT2D eigenvalue weighted by Gasteiger charge is 2.28. The molecular weight excluding hydrogens is 390 g/mol. The topological polar surface area (TPSA) is 98.0 Å². The van der Waals surface area contributed by atoms with Crippen LogP contribution in [0, 0.1) is 11.3 Å². The summed E-state index contributed by atoms with van der Waals surface area (Å²) < 4.78 is 31.9. The van der Waals surface area contributed by atoms with E-state index in [2.05, 4.69) is 21.3 Å². The maximum absolute atomic E-state index is 12.5. The van der Waals surface area contributed by atoms with Gasteiger partial charge in [0.1, 0.15) is 0 Å². The fourth-order valence-corrected chi connectivity index (χ4v) is 4.26. The smallest absolute Gasteiger partial charge is 0.216 e. The highest BCUT2D eigenvalue weighted by molar-refractivity contribution is 7.89. The van der Waals surface area contributed by atoms with Gasteiger partial charge in [-0.05, 0) is 38.5 Å². The van der Waals surface area contributed by atoms with Crippen LogP contribution in [0.2, 0.25) is 0 Å². The molecule has 1 aliphatic rings. The molecule has 2 rings (SSSR count). The number of hydrogen-bond donors (Lipinski definition) is 1. The highest BCUT2D eigenvalue weighted by atomic mass is 32.2. The predicted octanol–water partition coefficient (Wildman–Crippen LogP) is 1.40. The largest absolute Gasteiger partial charge is 0.378 e. The summed E-state index contributed by atoms with van der Waals surface area (Å²) in [5.74, 6) is 0.787. The van der Waals surface area contributed by atoms with Crippen LogP contribution in [0.4, 0.5) is 0 Å². The SMILES string of the molecule is CCNC(=NCc1ccc(C#N)cc1)N1CCN(S(=O)(=O)CCOC(C)C)CC1. The Morgan fingerprint density at radius 2 is 1.90 bits per heavy atom. The standard InChI is InChI=1S/C20H31N5O3S/c1-4-22-20(23-16-19-7-5-18(15-21)6-8-19)24-9-11-25(12-10-24)29(26,27)14-13-28-17(2)3/h5-8,17H,4,9-14,16H2,1-3H3,(H,22,23). The minimum Gasteiger partial charge on any atom is -0.378 e. The second kappa shape index (κ2) is 11.1. The zero-order chi connectivity index (χ0) is 21.3. The molecule has 0 radical (unpaired) electrons. The number of nitrogens with one attached hydrogen (secondary N) is 1. The molecule has 0 bridgehead atoms. The third kappa shape index (κ3) is 7.31. The Kier molecular flexibility index (Phi) is 8.89. The van der Waals surface area contributed by atoms with Crippen LogP contribution in [0.3, 0.4) is 0 Å². The molecule has 0 aliphatic carbocycles. The molecule has 0 atom stereocenters. The van der Waals surface area contributed by atoms with Gasteiger partial charge in [-0.2, -0.15) is 9.57 Å². The van der Waals surface area contributed by atoms with E-state index in [-0.39, 0.29) is 18.5 Å². The van der Waals surface area contributed by atoms with Gasteiger partial charge in [0.15, 0.2) is 5.96 Å². The van der Waals surface area contributed by atoms with Crippen molar-refractivity contribution >= 4 is 16.0 Å². The van der Waals surface area contributed by atoms with Crippen molar-refractivity contribution in [3.63, 3.8) is 0 Å². The quantitative estimate of drug-likeness (QED) is 0.503. The second-order valence-electron chi connectivity index (χ2n) is 7.10. The van der Waals surface area contributed by atoms with E-state index < -0.39 is 10.0 Å². The van der Waals surface area contributed by atoms with Crippen molar-refractivity contribution in [1.82, 2.24) is 14.5 Å². The Bertz CT molecular complexity index is 808. The Morgan fingerprint density at radius 1 is 1.24 bits per heavy atom. The zero-order valence-electron chi connectivity index (χ0n) is 17.5. The molecule has 8 nitrogen and oxygen atoms in total. The number of benzene rings is 1. The van der Waals surface area contributed by atoms with E-state index in [9.17, 15) is 8.42 Å². The minimum atomic E-state index is -3.31. The molecule has 0 aromatic heterocycles. The fourth-order valence-electron chi connectivity index (χ4n) is 2.97. The summed E-state index contributed by atoms with van der Waals surface area (Å²) in [6, 6.07) is 9.47. The molecule has 1 fully saturated rings. The van der Waals surface area contributed by atoms with Crippen molar-refractivity contribution in [2.75, 3.05) is 45.1 Å². The molecule has 0 spiro atoms. The highest BCUT2D eigenvalue weighted by Crippen LogP contribution is 2.10. The predicted molar refractivity (Wildman–Crippen MR) is 114 cm³/mol. The molecule has 1 N–H and O–H groups in total. The first-order valence-electron chi connectivity index (χ1n) is 9.97. The van der Waals surface area contributed by atoms with Gasteiger partial charge in [0.2, 0.25) is 10.0 Å². The molecule has 9 heteroatoms. The lowest BCUT2D eigenvalue weighted by atomic mass is 10.1. The van der Waals surface area contributed by atoms with Crippen LogP contribution >= 0.6 is 0 Å². The number of aliphatic imine (C=N–C) groups is 1. The Balaban J connectivity index is 1.93. The van der Waals surface area contributed by atoms with E-state index in [4.69, 9.17) is 10.00 Å². The van der Waals surface area contributed by atoms with E-state index in [0.717, 1.165) is 18.1 Å². The number of hydrogen-bond acceptors (Lipinski definition) is 5. The summed E-state index contributed by atoms with van der Waals surface area (Å²) in [6.45, 7) is 9.29. The van der Waals surface area contributed by atoms with E-state index in [1.54, 1.807) is 12.1 Å². The monoisotopic (exact) mass is 421 g/mol. The molecule has 1 aliphatic heterocycles. The van der Waals surface area contributed by atoms with Gasteiger partial charge < -0.3 is 15.0 Å². The summed E-state index contributed by atoms with van der Waals surface area (Å²) in [5.41, 5.74) is 1.64. The van der Waals surface area contributed by atoms with E-state index in [1.165, 1.54) is 4.31 Å². The zero-order valence-corrected chi connectivity index (χ0v) is 18.3. The molecule has 1 heterocycles. The van der Waals surface area contributed by atoms with Crippen molar-refractivity contribution in [2.45, 2.75) is 33.4 Å². The normalized spacial score (nSPS) is 16.1. The van der Waals surface area contributed by atoms with Crippen molar-refractivity contribution in [2.24, 2.45) is 4.99 Å². The fraction of sp³-hybridized carbons (Fsp3) is 0.600. The third-order valence-electron chi connectivity index (χ3n) is 4.55. The summed E-state index contributed by atoms with van der Waals surface area (Å²) in [4.78, 5) is 6.77. The van der Waals surface area contributed by atoms with Gasteiger partial charge in [-0.1, -0.05) is 12.1 Å². The van der Waals surface area contributed by atoms with Gasteiger partial charge in [0, 0.05) is 32.7 Å².